The van der Waals surface area contributed by atoms with E-state index in [-0.39, 0.29) is 22.9 Å². The second kappa shape index (κ2) is 5.20. The number of aromatic nitrogens is 1. The zero-order valence-electron chi connectivity index (χ0n) is 9.05. The van der Waals surface area contributed by atoms with Crippen LogP contribution in [0, 0.1) is 0 Å². The zero-order valence-corrected chi connectivity index (χ0v) is 11.6. The quantitative estimate of drug-likeness (QED) is 0.894. The molecule has 0 saturated carbocycles. The number of nitrogens with zero attached hydrogens (tertiary/aromatic N) is 1. The van der Waals surface area contributed by atoms with E-state index in [1.54, 1.807) is 12.5 Å². The molecule has 1 aliphatic heterocycles. The molecule has 0 radical (unpaired) electrons. The van der Waals surface area contributed by atoms with Gasteiger partial charge in [-0.05, 0) is 30.6 Å². The normalized spacial score (nSPS) is 19.2. The van der Waals surface area contributed by atoms with Crippen LogP contribution < -0.4 is 5.32 Å². The maximum atomic E-state index is 9.83. The van der Waals surface area contributed by atoms with Gasteiger partial charge in [0.2, 0.25) is 5.88 Å². The summed E-state index contributed by atoms with van der Waals surface area (Å²) in [5.41, 5.74) is 1.97. The molecule has 1 aliphatic rings. The fraction of sp³-hybridized carbons (Fsp3) is 0.364. The Morgan fingerprint density at radius 3 is 3.06 bits per heavy atom. The molecule has 17 heavy (non-hydrogen) atoms. The van der Waals surface area contributed by atoms with Crippen molar-refractivity contribution in [2.24, 2.45) is 0 Å². The average Bonchev–Trinajstić information content (AvgIpc) is 2.96. The highest BCUT2D eigenvalue weighted by atomic mass is 79.9. The number of rotatable bonds is 2. The fourth-order valence-electron chi connectivity index (χ4n) is 2.16. The Morgan fingerprint density at radius 1 is 1.53 bits per heavy atom. The van der Waals surface area contributed by atoms with Crippen LogP contribution in [-0.4, -0.2) is 22.6 Å². The molecule has 2 aromatic heterocycles. The lowest BCUT2D eigenvalue weighted by atomic mass is 9.97. The van der Waals surface area contributed by atoms with Gasteiger partial charge < -0.3 is 14.8 Å². The van der Waals surface area contributed by atoms with Crippen LogP contribution in [0.3, 0.4) is 0 Å². The maximum Gasteiger partial charge on any atom is 0.226 e. The molecule has 4 nitrogen and oxygen atoms in total. The molecule has 0 bridgehead atoms. The van der Waals surface area contributed by atoms with Crippen molar-refractivity contribution in [1.82, 2.24) is 9.69 Å². The molecular weight excluding hydrogens is 304 g/mol. The van der Waals surface area contributed by atoms with Crippen LogP contribution in [0.4, 0.5) is 0 Å². The fourth-order valence-corrected chi connectivity index (χ4v) is 3.01. The topological polar surface area (TPSA) is 58.3 Å². The molecule has 1 unspecified atom stereocenters. The lowest BCUT2D eigenvalue weighted by molar-refractivity contribution is 0.448. The Bertz CT molecular complexity index is 478. The van der Waals surface area contributed by atoms with Gasteiger partial charge in [0.25, 0.3) is 0 Å². The van der Waals surface area contributed by atoms with Crippen LogP contribution in [-0.2, 0) is 0 Å². The van der Waals surface area contributed by atoms with E-state index in [2.05, 4.69) is 9.69 Å². The highest BCUT2D eigenvalue weighted by Gasteiger charge is 2.26. The van der Waals surface area contributed by atoms with E-state index < -0.39 is 0 Å². The average molecular weight is 317 g/mol. The van der Waals surface area contributed by atoms with Crippen LogP contribution in [0.25, 0.3) is 10.4 Å². The molecule has 92 valence electrons. The van der Waals surface area contributed by atoms with Gasteiger partial charge >= 0.3 is 0 Å². The Kier molecular flexibility index (Phi) is 3.86. The van der Waals surface area contributed by atoms with Crippen LogP contribution >= 0.6 is 28.5 Å². The van der Waals surface area contributed by atoms with Crippen molar-refractivity contribution in [1.29, 1.82) is 0 Å². The molecule has 2 aromatic rings. The van der Waals surface area contributed by atoms with Gasteiger partial charge in [-0.25, -0.2) is 0 Å². The summed E-state index contributed by atoms with van der Waals surface area (Å²) in [6.45, 7) is 1.92. The number of halogens is 1. The summed E-state index contributed by atoms with van der Waals surface area (Å²) in [5.74, 6) is 0.540. The summed E-state index contributed by atoms with van der Waals surface area (Å²) < 4.78 is 9.12. The summed E-state index contributed by atoms with van der Waals surface area (Å²) in [5, 5.41) is 13.1. The van der Waals surface area contributed by atoms with Crippen molar-refractivity contribution in [2.75, 3.05) is 13.1 Å². The molecular formula is C11H13BrN2O2S. The van der Waals surface area contributed by atoms with Gasteiger partial charge in [-0.2, -0.15) is 4.37 Å². The van der Waals surface area contributed by atoms with E-state index in [9.17, 15) is 5.11 Å². The van der Waals surface area contributed by atoms with Gasteiger partial charge in [0.05, 0.1) is 17.4 Å². The first-order chi connectivity index (χ1) is 7.86. The second-order valence-electron chi connectivity index (χ2n) is 3.95. The highest BCUT2D eigenvalue weighted by molar-refractivity contribution is 8.93. The summed E-state index contributed by atoms with van der Waals surface area (Å²) >= 11 is 1.33. The Morgan fingerprint density at radius 2 is 2.41 bits per heavy atom. The minimum Gasteiger partial charge on any atom is -0.492 e. The molecule has 3 rings (SSSR count). The van der Waals surface area contributed by atoms with Gasteiger partial charge in [0.15, 0.2) is 0 Å². The van der Waals surface area contributed by atoms with Gasteiger partial charge in [-0.15, -0.1) is 17.0 Å². The van der Waals surface area contributed by atoms with Gasteiger partial charge in [0.1, 0.15) is 0 Å². The Labute approximate surface area is 114 Å². The third-order valence-electron chi connectivity index (χ3n) is 2.96. The van der Waals surface area contributed by atoms with Crippen molar-refractivity contribution >= 4 is 28.5 Å². The van der Waals surface area contributed by atoms with Crippen LogP contribution in [0.1, 0.15) is 17.9 Å². The number of hydrogen-bond acceptors (Lipinski definition) is 5. The van der Waals surface area contributed by atoms with E-state index in [1.807, 2.05) is 6.07 Å². The molecule has 6 heteroatoms. The highest BCUT2D eigenvalue weighted by Crippen LogP contribution is 2.40. The van der Waals surface area contributed by atoms with Crippen molar-refractivity contribution in [3.8, 4) is 16.3 Å². The third kappa shape index (κ3) is 2.25. The van der Waals surface area contributed by atoms with Crippen LogP contribution in [0.2, 0.25) is 0 Å². The largest absolute Gasteiger partial charge is 0.492 e. The number of aromatic hydroxyl groups is 1. The standard InChI is InChI=1S/C11H12N2O2S.BrH/c14-11-9(7-1-3-12-5-7)10(16-13-11)8-2-4-15-6-8;/h2,4,6-7,12H,1,3,5H2,(H,13,14);1H. The summed E-state index contributed by atoms with van der Waals surface area (Å²) in [6, 6.07) is 1.90. The predicted molar refractivity (Wildman–Crippen MR) is 72.0 cm³/mol. The lowest BCUT2D eigenvalue weighted by Gasteiger charge is -2.08. The molecule has 1 atom stereocenters. The van der Waals surface area contributed by atoms with E-state index in [0.29, 0.717) is 5.92 Å². The minimum atomic E-state index is 0. The van der Waals surface area contributed by atoms with E-state index in [4.69, 9.17) is 4.42 Å². The predicted octanol–water partition coefficient (Wildman–Crippen LogP) is 2.76. The second-order valence-corrected chi connectivity index (χ2v) is 4.72. The Hall–Kier alpha value is -0.850. The van der Waals surface area contributed by atoms with Crippen LogP contribution in [0.15, 0.2) is 23.0 Å². The van der Waals surface area contributed by atoms with Crippen molar-refractivity contribution < 1.29 is 9.52 Å². The number of hydrogen-bond donors (Lipinski definition) is 2. The third-order valence-corrected chi connectivity index (χ3v) is 3.86. The van der Waals surface area contributed by atoms with Crippen molar-refractivity contribution in [3.63, 3.8) is 0 Å². The molecule has 1 fully saturated rings. The molecule has 1 saturated heterocycles. The van der Waals surface area contributed by atoms with Crippen molar-refractivity contribution in [2.45, 2.75) is 12.3 Å². The van der Waals surface area contributed by atoms with Crippen LogP contribution in [0.5, 0.6) is 5.88 Å². The molecule has 3 heterocycles. The van der Waals surface area contributed by atoms with E-state index >= 15 is 0 Å². The first kappa shape index (κ1) is 12.6. The first-order valence-corrected chi connectivity index (χ1v) is 6.05. The molecule has 2 N–H and O–H groups in total. The monoisotopic (exact) mass is 316 g/mol. The minimum absolute atomic E-state index is 0. The lowest BCUT2D eigenvalue weighted by Crippen LogP contribution is -2.08. The molecule has 0 spiro atoms. The van der Waals surface area contributed by atoms with Gasteiger partial charge in [-0.3, -0.25) is 0 Å². The first-order valence-electron chi connectivity index (χ1n) is 5.28. The van der Waals surface area contributed by atoms with Crippen molar-refractivity contribution in [3.05, 3.63) is 24.2 Å². The molecule has 0 aromatic carbocycles. The summed E-state index contributed by atoms with van der Waals surface area (Å²) in [6.07, 6.45) is 4.39. The van der Waals surface area contributed by atoms with E-state index in [1.165, 1.54) is 11.5 Å². The van der Waals surface area contributed by atoms with E-state index in [0.717, 1.165) is 35.5 Å². The molecule has 0 amide bonds. The summed E-state index contributed by atoms with van der Waals surface area (Å²) in [4.78, 5) is 1.03. The molecule has 0 aliphatic carbocycles. The summed E-state index contributed by atoms with van der Waals surface area (Å²) in [7, 11) is 0. The Balaban J connectivity index is 0.00000108. The number of furan rings is 1. The maximum absolute atomic E-state index is 9.83. The van der Waals surface area contributed by atoms with Gasteiger partial charge in [-0.1, -0.05) is 0 Å². The van der Waals surface area contributed by atoms with Gasteiger partial charge in [0, 0.05) is 23.6 Å². The SMILES string of the molecule is Br.Oc1nsc(-c2ccoc2)c1C1CCNC1. The smallest absolute Gasteiger partial charge is 0.226 e. The number of nitrogens with one attached hydrogen (secondary N) is 1. The zero-order chi connectivity index (χ0) is 11.0.